The zero-order valence-corrected chi connectivity index (χ0v) is 24.2. The van der Waals surface area contributed by atoms with Crippen LogP contribution in [0, 0.1) is 0 Å². The molecule has 0 saturated heterocycles. The molecule has 1 aliphatic rings. The van der Waals surface area contributed by atoms with E-state index in [2.05, 4.69) is 0 Å². The van der Waals surface area contributed by atoms with Gasteiger partial charge in [-0.2, -0.15) is 0 Å². The second-order valence-electron chi connectivity index (χ2n) is 11.5. The Labute approximate surface area is 282 Å². The monoisotopic (exact) mass is 591 g/mol. The summed E-state index contributed by atoms with van der Waals surface area (Å²) in [7, 11) is 0. The SMILES string of the molecule is [2H]c1c([2H])c([2H])c(N(c2ccc(-c3ccc4ccccc4c3)cc2)c2c([2H])c([2H])c3c(c2[2H])C(C)(C)c2c-3c([2H])c3oc4c([2H])c([2H])c([2H])c([2H])c4c3c2[2H])c([2H])c1[2H]. The average molecular weight is 592 g/mol. The van der Waals surface area contributed by atoms with Crippen molar-refractivity contribution in [2.45, 2.75) is 19.3 Å². The van der Waals surface area contributed by atoms with Gasteiger partial charge in [-0.05, 0) is 105 Å². The van der Waals surface area contributed by atoms with Crippen LogP contribution in [0.3, 0.4) is 0 Å². The van der Waals surface area contributed by atoms with E-state index in [4.69, 9.17) is 16.8 Å². The van der Waals surface area contributed by atoms with Gasteiger partial charge in [0.05, 0.1) is 19.2 Å². The van der Waals surface area contributed by atoms with Gasteiger partial charge in [0.1, 0.15) is 11.2 Å². The van der Waals surface area contributed by atoms with Crippen LogP contribution in [0.4, 0.5) is 17.1 Å². The first-order valence-corrected chi connectivity index (χ1v) is 14.5. The summed E-state index contributed by atoms with van der Waals surface area (Å²) in [5.41, 5.74) is -0.0285. The number of nitrogens with zero attached hydrogens (tertiary/aromatic N) is 1. The van der Waals surface area contributed by atoms with Gasteiger partial charge in [0.2, 0.25) is 0 Å². The van der Waals surface area contributed by atoms with Gasteiger partial charge in [0.25, 0.3) is 0 Å². The molecular weight excluding hydrogens is 546 g/mol. The van der Waals surface area contributed by atoms with Crippen molar-refractivity contribution in [2.24, 2.45) is 0 Å². The molecule has 9 rings (SSSR count). The van der Waals surface area contributed by atoms with E-state index in [1.165, 1.54) is 4.90 Å². The molecule has 0 saturated carbocycles. The van der Waals surface area contributed by atoms with Crippen molar-refractivity contribution in [1.29, 1.82) is 0 Å². The summed E-state index contributed by atoms with van der Waals surface area (Å²) < 4.78 is 131. The maximum Gasteiger partial charge on any atom is 0.136 e. The van der Waals surface area contributed by atoms with E-state index in [0.717, 1.165) is 21.9 Å². The Kier molecular flexibility index (Phi) is 3.32. The predicted octanol–water partition coefficient (Wildman–Crippen LogP) is 12.2. The average Bonchev–Trinajstić information content (AvgIpc) is 3.75. The Bertz CT molecular complexity index is 3160. The largest absolute Gasteiger partial charge is 0.456 e. The van der Waals surface area contributed by atoms with E-state index in [-0.39, 0.29) is 79.4 Å². The summed E-state index contributed by atoms with van der Waals surface area (Å²) in [5, 5.41) is 1.99. The van der Waals surface area contributed by atoms with Gasteiger partial charge in [-0.1, -0.05) is 105 Å². The molecule has 0 radical (unpaired) electrons. The third kappa shape index (κ3) is 4.03. The molecule has 1 aliphatic carbocycles. The molecule has 0 amide bonds. The first-order valence-electron chi connectivity index (χ1n) is 21.5. The van der Waals surface area contributed by atoms with Gasteiger partial charge in [-0.25, -0.2) is 0 Å². The second-order valence-corrected chi connectivity index (χ2v) is 11.5. The molecular formula is C43H31NO. The van der Waals surface area contributed by atoms with Crippen molar-refractivity contribution in [3.8, 4) is 22.3 Å². The first-order chi connectivity index (χ1) is 27.9. The van der Waals surface area contributed by atoms with Crippen molar-refractivity contribution < 1.29 is 23.6 Å². The number of furan rings is 1. The zero-order valence-electron chi connectivity index (χ0n) is 38.2. The number of rotatable bonds is 4. The summed E-state index contributed by atoms with van der Waals surface area (Å²) in [4.78, 5) is 1.24. The van der Waals surface area contributed by atoms with Crippen LogP contribution in [0.2, 0.25) is 0 Å². The number of para-hydroxylation sites is 2. The summed E-state index contributed by atoms with van der Waals surface area (Å²) >= 11 is 0. The molecule has 0 fully saturated rings. The highest BCUT2D eigenvalue weighted by Gasteiger charge is 2.37. The fourth-order valence-electron chi connectivity index (χ4n) is 6.23. The van der Waals surface area contributed by atoms with Crippen LogP contribution >= 0.6 is 0 Å². The molecule has 214 valence electrons. The molecule has 0 bridgehead atoms. The van der Waals surface area contributed by atoms with Crippen LogP contribution in [0.5, 0.6) is 0 Å². The lowest BCUT2D eigenvalue weighted by Crippen LogP contribution is -2.16. The van der Waals surface area contributed by atoms with Crippen LogP contribution in [0.1, 0.15) is 44.2 Å². The number of anilines is 3. The lowest BCUT2D eigenvalue weighted by atomic mass is 9.82. The number of fused-ring (bicyclic) bond motifs is 7. The standard InChI is InChI=1S/C43H31NO/c1-43(2)39-25-34(22-23-35(39)37-27-42-38(26-40(37)43)36-14-8-9-15-41(36)45-42)44(32-12-4-3-5-13-32)33-20-18-29(19-21-33)31-17-16-28-10-6-7-11-30(28)24-31/h3-27H,1-2H3/i3D,4D,5D,8D,9D,12D,13D,14D,15D,22D,23D,25D,26D,27D. The third-order valence-corrected chi connectivity index (χ3v) is 8.51. The minimum absolute atomic E-state index is 0.0109. The van der Waals surface area contributed by atoms with Crippen molar-refractivity contribution in [1.82, 2.24) is 0 Å². The fourth-order valence-corrected chi connectivity index (χ4v) is 6.23. The molecule has 8 aromatic rings. The molecule has 7 aromatic carbocycles. The molecule has 0 N–H and O–H groups in total. The molecule has 2 heteroatoms. The van der Waals surface area contributed by atoms with Gasteiger partial charge in [0.15, 0.2) is 0 Å². The molecule has 45 heavy (non-hydrogen) atoms. The highest BCUT2D eigenvalue weighted by Crippen LogP contribution is 2.52. The van der Waals surface area contributed by atoms with E-state index in [1.54, 1.807) is 38.1 Å². The molecule has 0 atom stereocenters. The summed E-state index contributed by atoms with van der Waals surface area (Å²) in [6, 6.07) is 13.8. The van der Waals surface area contributed by atoms with Crippen LogP contribution in [0.15, 0.2) is 156 Å². The quantitative estimate of drug-likeness (QED) is 0.202. The molecule has 1 aromatic heterocycles. The van der Waals surface area contributed by atoms with Crippen molar-refractivity contribution in [2.75, 3.05) is 4.90 Å². The normalized spacial score (nSPS) is 17.6. The van der Waals surface area contributed by atoms with Gasteiger partial charge in [-0.3, -0.25) is 0 Å². The Hall–Kier alpha value is -5.60. The molecule has 0 unspecified atom stereocenters. The Balaban J connectivity index is 1.32. The number of hydrogen-bond acceptors (Lipinski definition) is 2. The highest BCUT2D eigenvalue weighted by atomic mass is 16.3. The van der Waals surface area contributed by atoms with Crippen molar-refractivity contribution in [3.05, 3.63) is 162 Å². The molecule has 1 heterocycles. The smallest absolute Gasteiger partial charge is 0.136 e. The molecule has 0 aliphatic heterocycles. The highest BCUT2D eigenvalue weighted by molar-refractivity contribution is 6.07. The van der Waals surface area contributed by atoms with Gasteiger partial charge in [-0.15, -0.1) is 0 Å². The van der Waals surface area contributed by atoms with E-state index >= 15 is 0 Å². The van der Waals surface area contributed by atoms with Gasteiger partial charge >= 0.3 is 0 Å². The fraction of sp³-hybridized carbons (Fsp3) is 0.0698. The number of benzene rings is 7. The Morgan fingerprint density at radius 1 is 0.556 bits per heavy atom. The van der Waals surface area contributed by atoms with E-state index in [1.807, 2.05) is 42.5 Å². The topological polar surface area (TPSA) is 16.4 Å². The third-order valence-electron chi connectivity index (χ3n) is 8.51. The minimum atomic E-state index is -1.33. The Morgan fingerprint density at radius 2 is 1.29 bits per heavy atom. The van der Waals surface area contributed by atoms with Gasteiger partial charge in [0, 0.05) is 33.2 Å². The maximum atomic E-state index is 9.86. The van der Waals surface area contributed by atoms with Gasteiger partial charge < -0.3 is 9.32 Å². The second kappa shape index (κ2) is 9.70. The summed E-state index contributed by atoms with van der Waals surface area (Å²) in [5.74, 6) is 0. The van der Waals surface area contributed by atoms with E-state index in [9.17, 15) is 6.85 Å². The predicted molar refractivity (Wildman–Crippen MR) is 189 cm³/mol. The first kappa shape index (κ1) is 15.4. The summed E-state index contributed by atoms with van der Waals surface area (Å²) in [6.07, 6.45) is 0. The van der Waals surface area contributed by atoms with Crippen LogP contribution in [-0.4, -0.2) is 0 Å². The lowest BCUT2D eigenvalue weighted by Gasteiger charge is -2.28. The minimum Gasteiger partial charge on any atom is -0.456 e. The Morgan fingerprint density at radius 3 is 2.13 bits per heavy atom. The maximum absolute atomic E-state index is 9.86. The zero-order chi connectivity index (χ0) is 42.3. The molecule has 0 spiro atoms. The van der Waals surface area contributed by atoms with Crippen molar-refractivity contribution >= 4 is 49.8 Å². The van der Waals surface area contributed by atoms with E-state index in [0.29, 0.717) is 0 Å². The van der Waals surface area contributed by atoms with Crippen LogP contribution in [0.25, 0.3) is 55.0 Å². The van der Waals surface area contributed by atoms with Crippen molar-refractivity contribution in [3.63, 3.8) is 0 Å². The van der Waals surface area contributed by atoms with E-state index < -0.39 is 71.9 Å². The van der Waals surface area contributed by atoms with Crippen LogP contribution in [-0.2, 0) is 5.41 Å². The molecule has 2 nitrogen and oxygen atoms in total. The number of hydrogen-bond donors (Lipinski definition) is 0. The lowest BCUT2D eigenvalue weighted by molar-refractivity contribution is 0.658. The van der Waals surface area contributed by atoms with Crippen LogP contribution < -0.4 is 4.90 Å². The summed E-state index contributed by atoms with van der Waals surface area (Å²) in [6.45, 7) is 3.38.